The predicted molar refractivity (Wildman–Crippen MR) is 52.4 cm³/mol. The van der Waals surface area contributed by atoms with E-state index < -0.39 is 34.7 Å². The molecule has 1 N–H and O–H groups in total. The molecule has 9 heteroatoms. The third-order valence-corrected chi connectivity index (χ3v) is 2.29. The Balaban J connectivity index is 2.69. The molecule has 0 atom stereocenters. The molecule has 0 saturated heterocycles. The van der Waals surface area contributed by atoms with Crippen LogP contribution in [0.4, 0.5) is 26.3 Å². The highest BCUT2D eigenvalue weighted by Gasteiger charge is 2.36. The molecule has 0 saturated carbocycles. The summed E-state index contributed by atoms with van der Waals surface area (Å²) in [4.78, 5) is 15.9. The SMILES string of the molecule is O=c1[nH]c2cc(C(F)(F)F)ccc2nc1C(F)(F)F. The number of aromatic amines is 1. The van der Waals surface area contributed by atoms with Crippen molar-refractivity contribution in [1.29, 1.82) is 0 Å². The first-order chi connectivity index (χ1) is 8.59. The summed E-state index contributed by atoms with van der Waals surface area (Å²) in [5, 5.41) is 0. The second kappa shape index (κ2) is 3.97. The van der Waals surface area contributed by atoms with Crippen LogP contribution < -0.4 is 5.56 Å². The van der Waals surface area contributed by atoms with E-state index >= 15 is 0 Å². The molecular formula is C10H4F6N2O. The van der Waals surface area contributed by atoms with Crippen LogP contribution >= 0.6 is 0 Å². The summed E-state index contributed by atoms with van der Waals surface area (Å²) in [7, 11) is 0. The Morgan fingerprint density at radius 3 is 2.16 bits per heavy atom. The summed E-state index contributed by atoms with van der Waals surface area (Å²) in [5.41, 5.74) is -5.15. The molecule has 1 heterocycles. The minimum absolute atomic E-state index is 0.375. The number of hydrogen-bond acceptors (Lipinski definition) is 2. The van der Waals surface area contributed by atoms with Gasteiger partial charge in [-0.1, -0.05) is 0 Å². The molecule has 1 aromatic heterocycles. The Hall–Kier alpha value is -2.06. The van der Waals surface area contributed by atoms with E-state index in [0.717, 1.165) is 6.07 Å². The fraction of sp³-hybridized carbons (Fsp3) is 0.200. The van der Waals surface area contributed by atoms with Gasteiger partial charge in [0.25, 0.3) is 5.56 Å². The molecule has 0 spiro atoms. The van der Waals surface area contributed by atoms with E-state index in [1.807, 2.05) is 0 Å². The van der Waals surface area contributed by atoms with Crippen LogP contribution in [0, 0.1) is 0 Å². The highest BCUT2D eigenvalue weighted by atomic mass is 19.4. The minimum Gasteiger partial charge on any atom is -0.319 e. The number of halogens is 6. The van der Waals surface area contributed by atoms with Crippen LogP contribution in [0.1, 0.15) is 11.3 Å². The molecular weight excluding hydrogens is 278 g/mol. The van der Waals surface area contributed by atoms with E-state index in [0.29, 0.717) is 12.1 Å². The second-order valence-electron chi connectivity index (χ2n) is 3.64. The molecule has 0 amide bonds. The average molecular weight is 282 g/mol. The maximum atomic E-state index is 12.4. The van der Waals surface area contributed by atoms with Crippen LogP contribution in [-0.4, -0.2) is 9.97 Å². The third-order valence-electron chi connectivity index (χ3n) is 2.29. The Bertz CT molecular complexity index is 685. The minimum atomic E-state index is -4.97. The topological polar surface area (TPSA) is 45.8 Å². The van der Waals surface area contributed by atoms with E-state index in [1.165, 1.54) is 0 Å². The molecule has 0 fully saturated rings. The number of fused-ring (bicyclic) bond motifs is 1. The molecule has 0 bridgehead atoms. The lowest BCUT2D eigenvalue weighted by atomic mass is 10.2. The number of aromatic nitrogens is 2. The van der Waals surface area contributed by atoms with Crippen molar-refractivity contribution in [2.75, 3.05) is 0 Å². The van der Waals surface area contributed by atoms with E-state index in [4.69, 9.17) is 0 Å². The Labute approximate surface area is 100 Å². The van der Waals surface area contributed by atoms with Gasteiger partial charge in [0, 0.05) is 0 Å². The summed E-state index contributed by atoms with van der Waals surface area (Å²) in [5.74, 6) is 0. The maximum absolute atomic E-state index is 12.4. The number of rotatable bonds is 0. The zero-order chi connectivity index (χ0) is 14.4. The zero-order valence-electron chi connectivity index (χ0n) is 8.86. The van der Waals surface area contributed by atoms with Crippen molar-refractivity contribution >= 4 is 11.0 Å². The number of nitrogens with one attached hydrogen (secondary N) is 1. The summed E-state index contributed by atoms with van der Waals surface area (Å²) >= 11 is 0. The van der Waals surface area contributed by atoms with Crippen molar-refractivity contribution in [2.45, 2.75) is 12.4 Å². The van der Waals surface area contributed by atoms with Crippen LogP contribution in [0.3, 0.4) is 0 Å². The van der Waals surface area contributed by atoms with Crippen LogP contribution in [0.5, 0.6) is 0 Å². The summed E-state index contributed by atoms with van der Waals surface area (Å²) in [6, 6.07) is 1.89. The van der Waals surface area contributed by atoms with Gasteiger partial charge in [-0.05, 0) is 18.2 Å². The molecule has 0 unspecified atom stereocenters. The van der Waals surface area contributed by atoms with Gasteiger partial charge in [-0.15, -0.1) is 0 Å². The zero-order valence-corrected chi connectivity index (χ0v) is 8.86. The smallest absolute Gasteiger partial charge is 0.319 e. The standard InChI is InChI=1S/C10H4F6N2O/c11-9(12,13)4-1-2-5-6(3-4)18-8(19)7(17-5)10(14,15)16/h1-3H,(H,18,19). The lowest BCUT2D eigenvalue weighted by Crippen LogP contribution is -2.23. The first-order valence-electron chi connectivity index (χ1n) is 4.77. The van der Waals surface area contributed by atoms with E-state index in [9.17, 15) is 31.1 Å². The quantitative estimate of drug-likeness (QED) is 0.755. The first-order valence-corrected chi connectivity index (χ1v) is 4.77. The molecule has 0 aliphatic carbocycles. The molecule has 3 nitrogen and oxygen atoms in total. The van der Waals surface area contributed by atoms with Crippen molar-refractivity contribution < 1.29 is 26.3 Å². The van der Waals surface area contributed by atoms with Crippen molar-refractivity contribution in [1.82, 2.24) is 9.97 Å². The summed E-state index contributed by atoms with van der Waals surface area (Å²) < 4.78 is 74.3. The van der Waals surface area contributed by atoms with Crippen molar-refractivity contribution in [3.63, 3.8) is 0 Å². The lowest BCUT2D eigenvalue weighted by Gasteiger charge is -2.09. The molecule has 0 aliphatic rings. The highest BCUT2D eigenvalue weighted by molar-refractivity contribution is 5.75. The van der Waals surface area contributed by atoms with Crippen molar-refractivity contribution in [2.24, 2.45) is 0 Å². The number of benzene rings is 1. The monoisotopic (exact) mass is 282 g/mol. The Morgan fingerprint density at radius 2 is 1.63 bits per heavy atom. The third kappa shape index (κ3) is 2.54. The van der Waals surface area contributed by atoms with Gasteiger partial charge in [0.15, 0.2) is 0 Å². The van der Waals surface area contributed by atoms with Gasteiger partial charge in [-0.2, -0.15) is 26.3 Å². The normalized spacial score (nSPS) is 12.9. The Morgan fingerprint density at radius 1 is 1.00 bits per heavy atom. The summed E-state index contributed by atoms with van der Waals surface area (Å²) in [6.07, 6.45) is -9.63. The number of alkyl halides is 6. The van der Waals surface area contributed by atoms with E-state index in [2.05, 4.69) is 4.98 Å². The van der Waals surface area contributed by atoms with Crippen LogP contribution in [0.2, 0.25) is 0 Å². The van der Waals surface area contributed by atoms with E-state index in [1.54, 1.807) is 4.98 Å². The average Bonchev–Trinajstić information content (AvgIpc) is 2.24. The molecule has 0 radical (unpaired) electrons. The summed E-state index contributed by atoms with van der Waals surface area (Å²) in [6.45, 7) is 0. The number of H-pyrrole nitrogens is 1. The van der Waals surface area contributed by atoms with Gasteiger partial charge < -0.3 is 4.98 Å². The van der Waals surface area contributed by atoms with Crippen LogP contribution in [0.25, 0.3) is 11.0 Å². The van der Waals surface area contributed by atoms with Gasteiger partial charge in [-0.3, -0.25) is 4.79 Å². The van der Waals surface area contributed by atoms with Crippen LogP contribution in [-0.2, 0) is 12.4 Å². The number of hydrogen-bond donors (Lipinski definition) is 1. The fourth-order valence-corrected chi connectivity index (χ4v) is 1.45. The molecule has 19 heavy (non-hydrogen) atoms. The molecule has 0 aliphatic heterocycles. The van der Waals surface area contributed by atoms with Gasteiger partial charge in [-0.25, -0.2) is 4.98 Å². The van der Waals surface area contributed by atoms with Gasteiger partial charge in [0.05, 0.1) is 16.6 Å². The molecule has 2 aromatic rings. The maximum Gasteiger partial charge on any atom is 0.438 e. The largest absolute Gasteiger partial charge is 0.438 e. The molecule has 1 aromatic carbocycles. The van der Waals surface area contributed by atoms with Crippen molar-refractivity contribution in [3.05, 3.63) is 39.8 Å². The first kappa shape index (κ1) is 13.4. The molecule has 102 valence electrons. The van der Waals surface area contributed by atoms with E-state index in [-0.39, 0.29) is 5.52 Å². The fourth-order valence-electron chi connectivity index (χ4n) is 1.45. The van der Waals surface area contributed by atoms with Gasteiger partial charge >= 0.3 is 12.4 Å². The number of nitrogens with zero attached hydrogens (tertiary/aromatic N) is 1. The second-order valence-corrected chi connectivity index (χ2v) is 3.64. The van der Waals surface area contributed by atoms with Crippen molar-refractivity contribution in [3.8, 4) is 0 Å². The lowest BCUT2D eigenvalue weighted by molar-refractivity contribution is -0.142. The van der Waals surface area contributed by atoms with Crippen LogP contribution in [0.15, 0.2) is 23.0 Å². The van der Waals surface area contributed by atoms with Gasteiger partial charge in [0.1, 0.15) is 0 Å². The Kier molecular flexibility index (Phi) is 2.79. The van der Waals surface area contributed by atoms with Gasteiger partial charge in [0.2, 0.25) is 5.69 Å². The molecule has 2 rings (SSSR count). The highest BCUT2D eigenvalue weighted by Crippen LogP contribution is 2.31. The predicted octanol–water partition coefficient (Wildman–Crippen LogP) is 2.96.